The summed E-state index contributed by atoms with van der Waals surface area (Å²) >= 11 is 0. The fraction of sp³-hybridized carbons (Fsp3) is 0.167. The molecule has 138 valence electrons. The summed E-state index contributed by atoms with van der Waals surface area (Å²) in [5, 5.41) is 6.29. The smallest absolute Gasteiger partial charge is 0.291 e. The largest absolute Gasteiger partial charge is 0.472 e. The van der Waals surface area contributed by atoms with Gasteiger partial charge in [0.15, 0.2) is 0 Å². The van der Waals surface area contributed by atoms with Crippen LogP contribution in [0.2, 0.25) is 0 Å². The van der Waals surface area contributed by atoms with Crippen LogP contribution in [0.4, 0.5) is 0 Å². The van der Waals surface area contributed by atoms with Crippen molar-refractivity contribution in [3.63, 3.8) is 0 Å². The molecule has 0 saturated heterocycles. The molecule has 0 radical (unpaired) electrons. The van der Waals surface area contributed by atoms with E-state index in [1.54, 1.807) is 37.4 Å². The summed E-state index contributed by atoms with van der Waals surface area (Å²) in [6, 6.07) is 5.64. The molecule has 0 aliphatic heterocycles. The van der Waals surface area contributed by atoms with Gasteiger partial charge in [-0.25, -0.2) is 0 Å². The zero-order valence-corrected chi connectivity index (χ0v) is 14.3. The normalized spacial score (nSPS) is 11.7. The first-order chi connectivity index (χ1) is 13.0. The minimum Gasteiger partial charge on any atom is -0.472 e. The molecule has 9 heteroatoms. The van der Waals surface area contributed by atoms with E-state index >= 15 is 0 Å². The number of primary amides is 1. The lowest BCUT2D eigenvalue weighted by Crippen LogP contribution is -2.47. The number of hydrogen-bond acceptors (Lipinski definition) is 7. The molecule has 3 aromatic rings. The molecule has 1 atom stereocenters. The number of nitrogens with one attached hydrogen (secondary N) is 1. The van der Waals surface area contributed by atoms with Gasteiger partial charge in [0.1, 0.15) is 6.04 Å². The van der Waals surface area contributed by atoms with Crippen molar-refractivity contribution in [3.8, 4) is 11.3 Å². The number of ketones is 1. The lowest BCUT2D eigenvalue weighted by Gasteiger charge is -2.14. The number of amides is 2. The fourth-order valence-electron chi connectivity index (χ4n) is 2.59. The Kier molecular flexibility index (Phi) is 5.11. The Morgan fingerprint density at radius 3 is 2.70 bits per heavy atom. The summed E-state index contributed by atoms with van der Waals surface area (Å²) in [7, 11) is 0. The van der Waals surface area contributed by atoms with Crippen molar-refractivity contribution in [2.75, 3.05) is 0 Å². The highest BCUT2D eigenvalue weighted by atomic mass is 16.5. The van der Waals surface area contributed by atoms with Crippen LogP contribution in [0, 0.1) is 6.92 Å². The SMILES string of the molecule is Cc1noc(C(=O)NC(Cc2ccoc2)C(=O)C(N)=O)c1-c1ccccn1. The van der Waals surface area contributed by atoms with Crippen LogP contribution < -0.4 is 11.1 Å². The second kappa shape index (κ2) is 7.65. The summed E-state index contributed by atoms with van der Waals surface area (Å²) in [5.41, 5.74) is 7.08. The van der Waals surface area contributed by atoms with Gasteiger partial charge < -0.3 is 20.0 Å². The number of Topliss-reactive ketones (excluding diaryl/α,β-unsaturated/α-hetero) is 1. The quantitative estimate of drug-likeness (QED) is 0.593. The van der Waals surface area contributed by atoms with Gasteiger partial charge in [0.2, 0.25) is 11.5 Å². The van der Waals surface area contributed by atoms with E-state index in [9.17, 15) is 14.4 Å². The molecule has 0 aliphatic carbocycles. The van der Waals surface area contributed by atoms with Crippen LogP contribution in [0.25, 0.3) is 11.3 Å². The average molecular weight is 368 g/mol. The molecular formula is C18H16N4O5. The van der Waals surface area contributed by atoms with Crippen LogP contribution in [-0.4, -0.2) is 33.8 Å². The van der Waals surface area contributed by atoms with Crippen molar-refractivity contribution in [1.82, 2.24) is 15.5 Å². The minimum absolute atomic E-state index is 0.0378. The molecule has 0 aromatic carbocycles. The van der Waals surface area contributed by atoms with Crippen molar-refractivity contribution >= 4 is 17.6 Å². The number of rotatable bonds is 7. The summed E-state index contributed by atoms with van der Waals surface area (Å²) in [5.74, 6) is -2.90. The summed E-state index contributed by atoms with van der Waals surface area (Å²) < 4.78 is 10.1. The van der Waals surface area contributed by atoms with E-state index in [1.165, 1.54) is 12.5 Å². The number of furan rings is 1. The first-order valence-corrected chi connectivity index (χ1v) is 8.00. The van der Waals surface area contributed by atoms with Crippen molar-refractivity contribution in [3.05, 3.63) is 60.0 Å². The highest BCUT2D eigenvalue weighted by Gasteiger charge is 2.29. The van der Waals surface area contributed by atoms with E-state index in [1.807, 2.05) is 0 Å². The maximum Gasteiger partial charge on any atom is 0.291 e. The van der Waals surface area contributed by atoms with Gasteiger partial charge >= 0.3 is 0 Å². The molecule has 2 amide bonds. The maximum absolute atomic E-state index is 12.7. The molecule has 27 heavy (non-hydrogen) atoms. The molecule has 0 aliphatic rings. The Balaban J connectivity index is 1.88. The standard InChI is InChI=1S/C18H16N4O5/c1-10-14(12-4-2-3-6-20-12)16(27-22-10)18(25)21-13(15(23)17(19)24)8-11-5-7-26-9-11/h2-7,9,13H,8H2,1H3,(H2,19,24)(H,21,25). The van der Waals surface area contributed by atoms with Crippen molar-refractivity contribution < 1.29 is 23.3 Å². The second-order valence-corrected chi connectivity index (χ2v) is 5.78. The molecule has 3 aromatic heterocycles. The molecule has 3 heterocycles. The second-order valence-electron chi connectivity index (χ2n) is 5.78. The molecule has 0 saturated carbocycles. The zero-order valence-electron chi connectivity index (χ0n) is 14.3. The third-order valence-electron chi connectivity index (χ3n) is 3.87. The van der Waals surface area contributed by atoms with Crippen molar-refractivity contribution in [2.24, 2.45) is 5.73 Å². The highest BCUT2D eigenvalue weighted by Crippen LogP contribution is 2.25. The molecule has 1 unspecified atom stereocenters. The molecule has 3 N–H and O–H groups in total. The monoisotopic (exact) mass is 368 g/mol. The van der Waals surface area contributed by atoms with E-state index in [-0.39, 0.29) is 12.2 Å². The first kappa shape index (κ1) is 18.1. The number of hydrogen-bond donors (Lipinski definition) is 2. The lowest BCUT2D eigenvalue weighted by molar-refractivity contribution is -0.137. The number of aryl methyl sites for hydroxylation is 1. The van der Waals surface area contributed by atoms with Gasteiger partial charge in [-0.05, 0) is 30.7 Å². The van der Waals surface area contributed by atoms with Gasteiger partial charge in [-0.3, -0.25) is 19.4 Å². The highest BCUT2D eigenvalue weighted by molar-refractivity contribution is 6.38. The number of carbonyl (C=O) groups is 3. The predicted molar refractivity (Wildman–Crippen MR) is 92.3 cm³/mol. The van der Waals surface area contributed by atoms with Gasteiger partial charge in [-0.2, -0.15) is 0 Å². The van der Waals surface area contributed by atoms with Crippen LogP contribution in [-0.2, 0) is 16.0 Å². The van der Waals surface area contributed by atoms with Gasteiger partial charge in [-0.1, -0.05) is 11.2 Å². The van der Waals surface area contributed by atoms with E-state index in [4.69, 9.17) is 14.7 Å². The third-order valence-corrected chi connectivity index (χ3v) is 3.87. The Labute approximate surface area is 153 Å². The maximum atomic E-state index is 12.7. The van der Waals surface area contributed by atoms with Crippen LogP contribution in [0.1, 0.15) is 21.8 Å². The van der Waals surface area contributed by atoms with Crippen molar-refractivity contribution in [1.29, 1.82) is 0 Å². The predicted octanol–water partition coefficient (Wildman–Crippen LogP) is 1.03. The summed E-state index contributed by atoms with van der Waals surface area (Å²) in [4.78, 5) is 40.4. The lowest BCUT2D eigenvalue weighted by atomic mass is 10.0. The summed E-state index contributed by atoms with van der Waals surface area (Å²) in [6.45, 7) is 1.67. The Hall–Kier alpha value is -3.75. The van der Waals surface area contributed by atoms with Crippen LogP contribution >= 0.6 is 0 Å². The van der Waals surface area contributed by atoms with E-state index in [2.05, 4.69) is 15.5 Å². The van der Waals surface area contributed by atoms with Gasteiger partial charge in [-0.15, -0.1) is 0 Å². The topological polar surface area (TPSA) is 141 Å². The zero-order chi connectivity index (χ0) is 19.4. The summed E-state index contributed by atoms with van der Waals surface area (Å²) in [6.07, 6.45) is 4.44. The third kappa shape index (κ3) is 3.92. The number of nitrogens with zero attached hydrogens (tertiary/aromatic N) is 2. The Morgan fingerprint density at radius 2 is 2.07 bits per heavy atom. The number of pyridine rings is 1. The molecule has 9 nitrogen and oxygen atoms in total. The minimum atomic E-state index is -1.17. The van der Waals surface area contributed by atoms with Crippen LogP contribution in [0.3, 0.4) is 0 Å². The van der Waals surface area contributed by atoms with Crippen molar-refractivity contribution in [2.45, 2.75) is 19.4 Å². The Morgan fingerprint density at radius 1 is 1.26 bits per heavy atom. The molecule has 0 bridgehead atoms. The molecular weight excluding hydrogens is 352 g/mol. The number of aromatic nitrogens is 2. The number of carbonyl (C=O) groups excluding carboxylic acids is 3. The molecule has 0 spiro atoms. The molecule has 3 rings (SSSR count). The average Bonchev–Trinajstić information content (AvgIpc) is 3.30. The van der Waals surface area contributed by atoms with E-state index in [0.29, 0.717) is 22.5 Å². The van der Waals surface area contributed by atoms with Gasteiger partial charge in [0, 0.05) is 12.6 Å². The van der Waals surface area contributed by atoms with Gasteiger partial charge in [0.25, 0.3) is 11.8 Å². The van der Waals surface area contributed by atoms with E-state index in [0.717, 1.165) is 0 Å². The molecule has 0 fully saturated rings. The van der Waals surface area contributed by atoms with E-state index < -0.39 is 23.6 Å². The van der Waals surface area contributed by atoms with Crippen LogP contribution in [0.5, 0.6) is 0 Å². The fourth-order valence-corrected chi connectivity index (χ4v) is 2.59. The van der Waals surface area contributed by atoms with Gasteiger partial charge in [0.05, 0.1) is 29.5 Å². The number of nitrogens with two attached hydrogens (primary N) is 1. The van der Waals surface area contributed by atoms with Crippen LogP contribution in [0.15, 0.2) is 51.9 Å². The Bertz CT molecular complexity index is 963. The first-order valence-electron chi connectivity index (χ1n) is 8.00.